The van der Waals surface area contributed by atoms with E-state index in [4.69, 9.17) is 8.85 Å². The second-order valence-electron chi connectivity index (χ2n) is 2.11. The fourth-order valence-electron chi connectivity index (χ4n) is 0.696. The first-order chi connectivity index (χ1) is 5.33. The first-order valence-corrected chi connectivity index (χ1v) is 5.25. The Hall–Kier alpha value is -0.803. The van der Waals surface area contributed by atoms with Crippen LogP contribution in [0, 0.1) is 0 Å². The third-order valence-corrected chi connectivity index (χ3v) is 2.39. The summed E-state index contributed by atoms with van der Waals surface area (Å²) in [5, 5.41) is 0. The van der Waals surface area contributed by atoms with E-state index in [2.05, 4.69) is 0 Å². The lowest BCUT2D eigenvalue weighted by Gasteiger charge is -2.08. The fraction of sp³-hybridized carbons (Fsp3) is 0.250. The molecule has 1 aromatic carbocycles. The highest BCUT2D eigenvalue weighted by atomic mass is 28.3. The molecular formula is C8H11O2Si. The van der Waals surface area contributed by atoms with Crippen LogP contribution >= 0.6 is 0 Å². The Kier molecular flexibility index (Phi) is 3.13. The van der Waals surface area contributed by atoms with Crippen LogP contribution in [0.25, 0.3) is 0 Å². The normalized spacial score (nSPS) is 10.1. The zero-order chi connectivity index (χ0) is 8.10. The lowest BCUT2D eigenvalue weighted by Crippen LogP contribution is -2.19. The Morgan fingerprint density at radius 2 is 1.82 bits per heavy atom. The Morgan fingerprint density at radius 3 is 2.36 bits per heavy atom. The summed E-state index contributed by atoms with van der Waals surface area (Å²) in [5.74, 6) is 0.880. The van der Waals surface area contributed by atoms with Gasteiger partial charge >= 0.3 is 9.28 Å². The maximum Gasteiger partial charge on any atom is 0.454 e. The summed E-state index contributed by atoms with van der Waals surface area (Å²) in [6.45, 7) is 1.96. The topological polar surface area (TPSA) is 18.5 Å². The fourth-order valence-corrected chi connectivity index (χ4v) is 1.25. The van der Waals surface area contributed by atoms with E-state index in [1.807, 2.05) is 36.9 Å². The summed E-state index contributed by atoms with van der Waals surface area (Å²) in [6, 6.07) is 9.70. The van der Waals surface area contributed by atoms with Crippen LogP contribution in [0.5, 0.6) is 5.75 Å². The maximum absolute atomic E-state index is 5.44. The van der Waals surface area contributed by atoms with Crippen molar-refractivity contribution in [2.75, 3.05) is 7.11 Å². The number of hydrogen-bond acceptors (Lipinski definition) is 2. The Bertz CT molecular complexity index is 201. The predicted octanol–water partition coefficient (Wildman–Crippen LogP) is 1.83. The van der Waals surface area contributed by atoms with Gasteiger partial charge in [0.2, 0.25) is 0 Å². The first-order valence-electron chi connectivity index (χ1n) is 3.43. The third-order valence-electron chi connectivity index (χ3n) is 1.29. The van der Waals surface area contributed by atoms with Crippen molar-refractivity contribution in [1.29, 1.82) is 0 Å². The number of hydrogen-bond donors (Lipinski definition) is 0. The molecule has 0 aliphatic heterocycles. The van der Waals surface area contributed by atoms with E-state index in [-0.39, 0.29) is 0 Å². The molecule has 0 saturated carbocycles. The minimum atomic E-state index is -1.08. The van der Waals surface area contributed by atoms with Crippen molar-refractivity contribution in [3.05, 3.63) is 30.3 Å². The van der Waals surface area contributed by atoms with Gasteiger partial charge in [-0.3, -0.25) is 0 Å². The van der Waals surface area contributed by atoms with Crippen LogP contribution in [0.15, 0.2) is 30.3 Å². The van der Waals surface area contributed by atoms with E-state index >= 15 is 0 Å². The average molecular weight is 167 g/mol. The molecule has 0 unspecified atom stereocenters. The van der Waals surface area contributed by atoms with Gasteiger partial charge in [-0.05, 0) is 18.7 Å². The van der Waals surface area contributed by atoms with E-state index in [0.29, 0.717) is 0 Å². The summed E-state index contributed by atoms with van der Waals surface area (Å²) >= 11 is 0. The second-order valence-corrected chi connectivity index (χ2v) is 3.71. The molecule has 0 fully saturated rings. The van der Waals surface area contributed by atoms with E-state index in [1.165, 1.54) is 0 Å². The Balaban J connectivity index is 2.51. The smallest absolute Gasteiger partial charge is 0.454 e. The van der Waals surface area contributed by atoms with Crippen molar-refractivity contribution in [3.8, 4) is 5.75 Å². The zero-order valence-corrected chi connectivity index (χ0v) is 7.70. The summed E-state index contributed by atoms with van der Waals surface area (Å²) in [7, 11) is 0.583. The third kappa shape index (κ3) is 2.74. The van der Waals surface area contributed by atoms with E-state index in [0.717, 1.165) is 5.75 Å². The van der Waals surface area contributed by atoms with Crippen LogP contribution in [0.1, 0.15) is 0 Å². The monoisotopic (exact) mass is 167 g/mol. The van der Waals surface area contributed by atoms with Crippen molar-refractivity contribution in [2.24, 2.45) is 0 Å². The van der Waals surface area contributed by atoms with Gasteiger partial charge in [0.15, 0.2) is 0 Å². The lowest BCUT2D eigenvalue weighted by molar-refractivity contribution is 0.341. The van der Waals surface area contributed by atoms with Gasteiger partial charge in [0.25, 0.3) is 0 Å². The summed E-state index contributed by atoms with van der Waals surface area (Å²) in [6.07, 6.45) is 0. The van der Waals surface area contributed by atoms with Crippen LogP contribution in [-0.2, 0) is 4.43 Å². The molecule has 0 N–H and O–H groups in total. The molecule has 0 bridgehead atoms. The molecule has 0 spiro atoms. The van der Waals surface area contributed by atoms with E-state index in [1.54, 1.807) is 7.11 Å². The minimum Gasteiger partial charge on any atom is -0.519 e. The zero-order valence-electron chi connectivity index (χ0n) is 6.70. The number of benzene rings is 1. The molecule has 11 heavy (non-hydrogen) atoms. The van der Waals surface area contributed by atoms with E-state index in [9.17, 15) is 0 Å². The van der Waals surface area contributed by atoms with Crippen molar-refractivity contribution in [1.82, 2.24) is 0 Å². The Morgan fingerprint density at radius 1 is 1.18 bits per heavy atom. The second kappa shape index (κ2) is 4.15. The average Bonchev–Trinajstić information content (AvgIpc) is 2.06. The highest BCUT2D eigenvalue weighted by Crippen LogP contribution is 2.09. The molecule has 0 saturated heterocycles. The van der Waals surface area contributed by atoms with Crippen LogP contribution in [-0.4, -0.2) is 16.4 Å². The molecule has 0 heterocycles. The van der Waals surface area contributed by atoms with Crippen LogP contribution < -0.4 is 4.43 Å². The molecule has 0 aliphatic rings. The highest BCUT2D eigenvalue weighted by molar-refractivity contribution is 6.43. The molecule has 0 aliphatic carbocycles. The number of rotatable bonds is 3. The van der Waals surface area contributed by atoms with Crippen molar-refractivity contribution >= 4 is 9.28 Å². The first kappa shape index (κ1) is 8.29. The summed E-state index contributed by atoms with van der Waals surface area (Å²) in [5.41, 5.74) is 0. The quantitative estimate of drug-likeness (QED) is 0.639. The van der Waals surface area contributed by atoms with Crippen molar-refractivity contribution in [2.45, 2.75) is 6.55 Å². The van der Waals surface area contributed by atoms with Gasteiger partial charge in [0, 0.05) is 7.11 Å². The Labute approximate surface area is 68.6 Å². The van der Waals surface area contributed by atoms with Gasteiger partial charge in [-0.1, -0.05) is 18.2 Å². The molecule has 0 aromatic heterocycles. The molecular weight excluding hydrogens is 156 g/mol. The van der Waals surface area contributed by atoms with Gasteiger partial charge in [0.05, 0.1) is 0 Å². The number of para-hydroxylation sites is 1. The van der Waals surface area contributed by atoms with Gasteiger partial charge in [-0.25, -0.2) is 0 Å². The minimum absolute atomic E-state index is 0.880. The molecule has 1 radical (unpaired) electrons. The predicted molar refractivity (Wildman–Crippen MR) is 45.7 cm³/mol. The lowest BCUT2D eigenvalue weighted by atomic mass is 10.3. The van der Waals surface area contributed by atoms with Crippen molar-refractivity contribution in [3.63, 3.8) is 0 Å². The van der Waals surface area contributed by atoms with Crippen LogP contribution in [0.4, 0.5) is 0 Å². The van der Waals surface area contributed by atoms with Crippen molar-refractivity contribution < 1.29 is 8.85 Å². The van der Waals surface area contributed by atoms with Gasteiger partial charge in [-0.15, -0.1) is 0 Å². The van der Waals surface area contributed by atoms with Gasteiger partial charge in [-0.2, -0.15) is 0 Å². The molecule has 3 heteroatoms. The molecule has 1 aromatic rings. The molecule has 2 nitrogen and oxygen atoms in total. The maximum atomic E-state index is 5.44. The van der Waals surface area contributed by atoms with Crippen LogP contribution in [0.3, 0.4) is 0 Å². The highest BCUT2D eigenvalue weighted by Gasteiger charge is 2.05. The molecule has 1 rings (SSSR count). The molecule has 0 atom stereocenters. The SMILES string of the molecule is CO[Si](C)Oc1ccccc1. The summed E-state index contributed by atoms with van der Waals surface area (Å²) < 4.78 is 10.5. The van der Waals surface area contributed by atoms with Gasteiger partial charge in [0.1, 0.15) is 5.75 Å². The van der Waals surface area contributed by atoms with E-state index < -0.39 is 9.28 Å². The summed E-state index contributed by atoms with van der Waals surface area (Å²) in [4.78, 5) is 0. The standard InChI is InChI=1S/C8H11O2Si/c1-9-11(2)10-8-6-4-3-5-7-8/h3-7H,1-2H3. The van der Waals surface area contributed by atoms with Gasteiger partial charge < -0.3 is 8.85 Å². The molecule has 59 valence electrons. The van der Waals surface area contributed by atoms with Crippen LogP contribution in [0.2, 0.25) is 6.55 Å². The largest absolute Gasteiger partial charge is 0.519 e. The molecule has 0 amide bonds.